The number of carbonyl (C=O) groups is 10. The van der Waals surface area contributed by atoms with Gasteiger partial charge in [-0.25, -0.2) is 9.97 Å². The maximum absolute atomic E-state index is 12.6. The van der Waals surface area contributed by atoms with E-state index in [1.165, 1.54) is 25.0 Å². The van der Waals surface area contributed by atoms with Gasteiger partial charge in [-0.2, -0.15) is 0 Å². The summed E-state index contributed by atoms with van der Waals surface area (Å²) in [5.41, 5.74) is 8.93. The van der Waals surface area contributed by atoms with Gasteiger partial charge in [-0.15, -0.1) is 12.4 Å². The van der Waals surface area contributed by atoms with Crippen molar-refractivity contribution >= 4 is 88.3 Å². The molecule has 75 heavy (non-hydrogen) atoms. The maximum Gasteiger partial charge on any atom is 0.305 e. The van der Waals surface area contributed by atoms with E-state index >= 15 is 0 Å². The molecule has 0 bridgehead atoms. The summed E-state index contributed by atoms with van der Waals surface area (Å²) in [6.07, 6.45) is 6.99. The number of amides is 4. The number of anilines is 3. The highest BCUT2D eigenvalue weighted by atomic mass is 35.5. The van der Waals surface area contributed by atoms with Gasteiger partial charge in [0, 0.05) is 101 Å². The summed E-state index contributed by atoms with van der Waals surface area (Å²) in [5, 5.41) is 10.9. The van der Waals surface area contributed by atoms with Crippen LogP contribution in [0.5, 0.6) is 0 Å². The standard InChI is InChI=1S/C27H36N4O6.C26H35N5O6.ClH/c1-17(14-22(32)8-6-7-9-24(34)37-5)26(35)29-19(3)23(33)15-20-10-12-21(13-11-20)30-27(36)25-28-18(2)16-31(25)4;1-16(13-20(32)7-5-6-8-23(34)37-4)25(35)28-17(2)21(33)14-18-9-11-19(12-10-18)29-26(36)24-30-22(27)15-31(24)3;/h10-13,16-17,19H,6-9,14-15H2,1-5H3,(H,29,35)(H,30,36);9-12,15-17H,5-8,13-14,27H2,1-4H3,(H,28,35)(H,29,36);1H/t17-,19+;16-,17+;/m11./s1. The fourth-order valence-electron chi connectivity index (χ4n) is 7.35. The topological polar surface area (TPSA) is 299 Å². The molecule has 0 aliphatic carbocycles. The van der Waals surface area contributed by atoms with Crippen LogP contribution in [0.1, 0.15) is 130 Å². The summed E-state index contributed by atoms with van der Waals surface area (Å²) in [7, 11) is 6.06. The number of nitrogens with two attached hydrogens (primary N) is 1. The van der Waals surface area contributed by atoms with Crippen molar-refractivity contribution in [2.24, 2.45) is 25.9 Å². The Kier molecular flexibility index (Phi) is 27.0. The van der Waals surface area contributed by atoms with Crippen molar-refractivity contribution in [2.45, 2.75) is 124 Å². The monoisotopic (exact) mass is 1060 g/mol. The Labute approximate surface area is 443 Å². The molecule has 6 N–H and O–H groups in total. The number of rotatable bonds is 28. The molecule has 2 aromatic carbocycles. The molecular formula is C53H72ClN9O12. The third kappa shape index (κ3) is 22.6. The molecule has 22 heteroatoms. The Morgan fingerprint density at radius 2 is 0.920 bits per heavy atom. The summed E-state index contributed by atoms with van der Waals surface area (Å²) in [6, 6.07) is 12.3. The van der Waals surface area contributed by atoms with Crippen LogP contribution in [0.2, 0.25) is 0 Å². The number of unbranched alkanes of at least 4 members (excludes halogenated alkanes) is 2. The molecule has 0 saturated carbocycles. The Bertz CT molecular complexity index is 2430. The Hall–Kier alpha value is -7.55. The zero-order valence-electron chi connectivity index (χ0n) is 44.2. The number of hydrogen-bond donors (Lipinski definition) is 5. The zero-order valence-corrected chi connectivity index (χ0v) is 45.1. The van der Waals surface area contributed by atoms with E-state index in [1.807, 2.05) is 6.92 Å². The van der Waals surface area contributed by atoms with Gasteiger partial charge in [0.2, 0.25) is 17.6 Å². The van der Waals surface area contributed by atoms with Crippen molar-refractivity contribution in [3.63, 3.8) is 0 Å². The van der Waals surface area contributed by atoms with E-state index in [1.54, 1.807) is 101 Å². The van der Waals surface area contributed by atoms with E-state index in [2.05, 4.69) is 40.7 Å². The third-order valence-corrected chi connectivity index (χ3v) is 11.8. The van der Waals surface area contributed by atoms with Crippen molar-refractivity contribution in [1.29, 1.82) is 0 Å². The number of benzene rings is 2. The number of methoxy groups -OCH3 is 2. The van der Waals surface area contributed by atoms with E-state index in [0.717, 1.165) is 16.8 Å². The molecule has 0 unspecified atom stereocenters. The lowest BCUT2D eigenvalue weighted by molar-refractivity contribution is -0.141. The lowest BCUT2D eigenvalue weighted by atomic mass is 9.99. The summed E-state index contributed by atoms with van der Waals surface area (Å²) in [5.74, 6) is -2.96. The van der Waals surface area contributed by atoms with Gasteiger partial charge in [-0.1, -0.05) is 38.1 Å². The van der Waals surface area contributed by atoms with Gasteiger partial charge in [-0.05, 0) is 81.8 Å². The first kappa shape index (κ1) is 63.6. The fraction of sp³-hybridized carbons (Fsp3) is 0.472. The molecule has 0 saturated heterocycles. The van der Waals surface area contributed by atoms with Crippen molar-refractivity contribution in [3.05, 3.63) is 89.4 Å². The van der Waals surface area contributed by atoms with E-state index < -0.39 is 29.8 Å². The Morgan fingerprint density at radius 1 is 0.560 bits per heavy atom. The minimum Gasteiger partial charge on any atom is -0.469 e. The highest BCUT2D eigenvalue weighted by Gasteiger charge is 2.24. The van der Waals surface area contributed by atoms with Crippen LogP contribution < -0.4 is 27.0 Å². The molecule has 4 atom stereocenters. The summed E-state index contributed by atoms with van der Waals surface area (Å²) >= 11 is 0. The fourth-order valence-corrected chi connectivity index (χ4v) is 7.35. The summed E-state index contributed by atoms with van der Waals surface area (Å²) < 4.78 is 12.3. The van der Waals surface area contributed by atoms with Gasteiger partial charge < -0.3 is 45.6 Å². The molecule has 408 valence electrons. The zero-order chi connectivity index (χ0) is 55.1. The van der Waals surface area contributed by atoms with Gasteiger partial charge in [-0.3, -0.25) is 47.9 Å². The van der Waals surface area contributed by atoms with Crippen LogP contribution in [0.15, 0.2) is 60.9 Å². The van der Waals surface area contributed by atoms with Crippen LogP contribution >= 0.6 is 12.4 Å². The number of esters is 2. The first-order chi connectivity index (χ1) is 35.0. The molecule has 21 nitrogen and oxygen atoms in total. The molecule has 0 aliphatic heterocycles. The number of nitrogens with one attached hydrogen (secondary N) is 4. The number of aryl methyl sites for hydroxylation is 3. The van der Waals surface area contributed by atoms with Crippen molar-refractivity contribution in [2.75, 3.05) is 30.6 Å². The molecule has 2 aromatic heterocycles. The number of nitrogen functional groups attached to an aromatic ring is 1. The number of hydrogen-bond acceptors (Lipinski definition) is 15. The van der Waals surface area contributed by atoms with Crippen molar-refractivity contribution in [1.82, 2.24) is 29.7 Å². The molecule has 0 aliphatic rings. The van der Waals surface area contributed by atoms with E-state index in [0.29, 0.717) is 49.3 Å². The van der Waals surface area contributed by atoms with Gasteiger partial charge in [0.1, 0.15) is 17.4 Å². The predicted molar refractivity (Wildman–Crippen MR) is 283 cm³/mol. The molecule has 0 radical (unpaired) electrons. The van der Waals surface area contributed by atoms with E-state index in [-0.39, 0.29) is 122 Å². The minimum atomic E-state index is -0.724. The van der Waals surface area contributed by atoms with Crippen LogP contribution in [0, 0.1) is 18.8 Å². The molecule has 4 aromatic rings. The van der Waals surface area contributed by atoms with Gasteiger partial charge in [0.05, 0.1) is 32.0 Å². The number of Topliss-reactive ketones (excluding diaryl/α,β-unsaturated/α-hetero) is 4. The summed E-state index contributed by atoms with van der Waals surface area (Å²) in [6.45, 7) is 8.33. The first-order valence-corrected chi connectivity index (χ1v) is 24.4. The number of ketones is 4. The summed E-state index contributed by atoms with van der Waals surface area (Å²) in [4.78, 5) is 130. The smallest absolute Gasteiger partial charge is 0.305 e. The van der Waals surface area contributed by atoms with Crippen LogP contribution in [-0.4, -0.2) is 104 Å². The second-order valence-corrected chi connectivity index (χ2v) is 18.3. The number of imidazole rings is 2. The molecule has 4 amide bonds. The van der Waals surface area contributed by atoms with Gasteiger partial charge in [0.25, 0.3) is 11.8 Å². The van der Waals surface area contributed by atoms with Crippen molar-refractivity contribution in [3.8, 4) is 0 Å². The number of nitrogens with zero attached hydrogens (tertiary/aromatic N) is 4. The quantitative estimate of drug-likeness (QED) is 0.0344. The first-order valence-electron chi connectivity index (χ1n) is 24.4. The second kappa shape index (κ2) is 31.9. The van der Waals surface area contributed by atoms with Crippen molar-refractivity contribution < 1.29 is 57.4 Å². The maximum atomic E-state index is 12.6. The average molecular weight is 1060 g/mol. The van der Waals surface area contributed by atoms with Gasteiger partial charge >= 0.3 is 11.9 Å². The average Bonchev–Trinajstić information content (AvgIpc) is 3.89. The molecular weight excluding hydrogens is 990 g/mol. The number of halogens is 1. The van der Waals surface area contributed by atoms with Crippen LogP contribution in [0.25, 0.3) is 0 Å². The normalized spacial score (nSPS) is 12.2. The van der Waals surface area contributed by atoms with Gasteiger partial charge in [0.15, 0.2) is 17.4 Å². The molecule has 4 rings (SSSR count). The van der Waals surface area contributed by atoms with Crippen LogP contribution in [0.4, 0.5) is 17.2 Å². The molecule has 2 heterocycles. The number of aromatic nitrogens is 4. The highest BCUT2D eigenvalue weighted by Crippen LogP contribution is 2.16. The lowest BCUT2D eigenvalue weighted by Gasteiger charge is -2.17. The highest BCUT2D eigenvalue weighted by molar-refractivity contribution is 6.03. The SMILES string of the molecule is COC(=O)CCCCC(=O)C[C@@H](C)C(=O)N[C@@H](C)C(=O)Cc1ccc(NC(=O)c2nc(C)cn2C)cc1.COC(=O)CCCCC(=O)C[C@@H](C)C(=O)N[C@@H](C)C(=O)Cc1ccc(NC(=O)c2nc(N)cn2C)cc1.Cl. The van der Waals surface area contributed by atoms with E-state index in [9.17, 15) is 47.9 Å². The number of carbonyl (C=O) groups excluding carboxylic acids is 10. The molecule has 0 fully saturated rings. The molecule has 0 spiro atoms. The third-order valence-electron chi connectivity index (χ3n) is 11.8. The lowest BCUT2D eigenvalue weighted by Crippen LogP contribution is -2.42. The van der Waals surface area contributed by atoms with Crippen LogP contribution in [0.3, 0.4) is 0 Å². The largest absolute Gasteiger partial charge is 0.469 e. The predicted octanol–water partition coefficient (Wildman–Crippen LogP) is 5.55. The van der Waals surface area contributed by atoms with E-state index in [4.69, 9.17) is 5.73 Å². The Balaban J connectivity index is 0.000000507. The number of ether oxygens (including phenoxy) is 2. The Morgan fingerprint density at radius 3 is 1.25 bits per heavy atom. The van der Waals surface area contributed by atoms with Crippen LogP contribution in [-0.2, 0) is 74.8 Å². The minimum absolute atomic E-state index is 0. The second-order valence-electron chi connectivity index (χ2n) is 18.3.